The highest BCUT2D eigenvalue weighted by molar-refractivity contribution is 6.34. The number of nitrogens with two attached hydrogens (primary N) is 1. The van der Waals surface area contributed by atoms with Gasteiger partial charge in [-0.05, 0) is 51.9 Å². The zero-order valence-electron chi connectivity index (χ0n) is 20.1. The van der Waals surface area contributed by atoms with Crippen molar-refractivity contribution in [3.05, 3.63) is 29.2 Å². The van der Waals surface area contributed by atoms with E-state index in [4.69, 9.17) is 31.9 Å². The molecule has 4 atom stereocenters. The Bertz CT molecular complexity index is 1170. The van der Waals surface area contributed by atoms with Crippen molar-refractivity contribution in [2.45, 2.75) is 57.6 Å². The number of piperidine rings is 1. The molecule has 11 heteroatoms. The zero-order chi connectivity index (χ0) is 24.9. The van der Waals surface area contributed by atoms with Gasteiger partial charge in [-0.25, -0.2) is 14.8 Å². The number of aromatic amines is 1. The van der Waals surface area contributed by atoms with Crippen LogP contribution in [-0.2, 0) is 14.4 Å². The fourth-order valence-corrected chi connectivity index (χ4v) is 5.64. The van der Waals surface area contributed by atoms with Gasteiger partial charge in [0.15, 0.2) is 5.65 Å². The van der Waals surface area contributed by atoms with E-state index in [0.717, 1.165) is 25.1 Å². The first kappa shape index (κ1) is 23.9. The number of imidazole rings is 1. The van der Waals surface area contributed by atoms with Gasteiger partial charge in [0.05, 0.1) is 22.8 Å². The molecule has 0 spiro atoms. The number of hydrogen-bond acceptors (Lipinski definition) is 8. The molecule has 2 fully saturated rings. The van der Waals surface area contributed by atoms with Crippen LogP contribution in [0.3, 0.4) is 0 Å². The first-order valence-corrected chi connectivity index (χ1v) is 12.4. The molecule has 1 amide bonds. The summed E-state index contributed by atoms with van der Waals surface area (Å²) in [5.41, 5.74) is 7.08. The summed E-state index contributed by atoms with van der Waals surface area (Å²) < 4.78 is 5.23. The van der Waals surface area contributed by atoms with Crippen molar-refractivity contribution in [3.8, 4) is 0 Å². The Morgan fingerprint density at radius 2 is 1.94 bits per heavy atom. The second-order valence-electron chi connectivity index (χ2n) is 10.6. The van der Waals surface area contributed by atoms with E-state index in [1.807, 2.05) is 0 Å². The van der Waals surface area contributed by atoms with E-state index in [2.05, 4.69) is 27.4 Å². The van der Waals surface area contributed by atoms with Gasteiger partial charge in [-0.2, -0.15) is 0 Å². The van der Waals surface area contributed by atoms with E-state index in [0.29, 0.717) is 35.0 Å². The molecule has 188 valence electrons. The van der Waals surface area contributed by atoms with Crippen molar-refractivity contribution in [1.82, 2.24) is 20.0 Å². The zero-order valence-corrected chi connectivity index (χ0v) is 20.8. The Balaban J connectivity index is 1.30. The molecule has 2 aromatic rings. The van der Waals surface area contributed by atoms with Gasteiger partial charge in [-0.3, -0.25) is 4.79 Å². The number of H-pyrrole nitrogens is 1. The minimum absolute atomic E-state index is 0.126. The summed E-state index contributed by atoms with van der Waals surface area (Å²) in [4.78, 5) is 42.1. The van der Waals surface area contributed by atoms with Crippen molar-refractivity contribution in [1.29, 1.82) is 0 Å². The molecule has 35 heavy (non-hydrogen) atoms. The molecule has 1 aliphatic heterocycles. The fourth-order valence-electron chi connectivity index (χ4n) is 5.45. The van der Waals surface area contributed by atoms with Crippen molar-refractivity contribution < 1.29 is 19.2 Å². The number of allylic oxidation sites excluding steroid dienone is 1. The van der Waals surface area contributed by atoms with Crippen molar-refractivity contribution in [2.24, 2.45) is 23.5 Å². The van der Waals surface area contributed by atoms with Crippen LogP contribution in [0, 0.1) is 17.8 Å². The van der Waals surface area contributed by atoms with E-state index >= 15 is 0 Å². The second-order valence-corrected chi connectivity index (χ2v) is 11.0. The van der Waals surface area contributed by atoms with Crippen molar-refractivity contribution in [2.75, 3.05) is 18.4 Å². The number of carbonyl (C=O) groups excluding carboxylic acids is 2. The van der Waals surface area contributed by atoms with Gasteiger partial charge < -0.3 is 25.6 Å². The number of ether oxygens (including phenoxy) is 1. The number of fused-ring (bicyclic) bond motifs is 3. The number of nitrogens with zero attached hydrogens (tertiary/aromatic N) is 3. The van der Waals surface area contributed by atoms with Gasteiger partial charge in [-0.1, -0.05) is 23.8 Å². The monoisotopic (exact) mass is 502 g/mol. The minimum atomic E-state index is -0.695. The van der Waals surface area contributed by atoms with E-state index < -0.39 is 11.8 Å². The summed E-state index contributed by atoms with van der Waals surface area (Å²) in [6, 6.07) is -0.126. The maximum Gasteiger partial charge on any atom is 0.528 e. The number of pyridine rings is 1. The molecule has 0 unspecified atom stereocenters. The van der Waals surface area contributed by atoms with Crippen LogP contribution < -0.4 is 11.1 Å². The first-order valence-electron chi connectivity index (χ1n) is 12.0. The lowest BCUT2D eigenvalue weighted by atomic mass is 9.88. The molecule has 2 aromatic heterocycles. The summed E-state index contributed by atoms with van der Waals surface area (Å²) in [6.07, 6.45) is 7.55. The molecular weight excluding hydrogens is 472 g/mol. The molecular formula is C24H31ClN6O4. The van der Waals surface area contributed by atoms with E-state index in [1.54, 1.807) is 32.0 Å². The average molecular weight is 503 g/mol. The quantitative estimate of drug-likeness (QED) is 0.415. The van der Waals surface area contributed by atoms with Gasteiger partial charge in [-0.15, -0.1) is 5.06 Å². The molecule has 3 heterocycles. The predicted octanol–water partition coefficient (Wildman–Crippen LogP) is 3.75. The highest BCUT2D eigenvalue weighted by atomic mass is 35.5. The number of hydroxylamine groups is 2. The lowest BCUT2D eigenvalue weighted by Crippen LogP contribution is -2.41. The molecule has 4 N–H and O–H groups in total. The highest BCUT2D eigenvalue weighted by Gasteiger charge is 2.47. The third-order valence-electron chi connectivity index (χ3n) is 7.02. The molecule has 5 rings (SSSR count). The number of carbonyl (C=O) groups is 2. The number of primary amides is 1. The topological polar surface area (TPSA) is 135 Å². The molecule has 1 saturated heterocycles. The van der Waals surface area contributed by atoms with E-state index in [9.17, 15) is 9.59 Å². The van der Waals surface area contributed by atoms with Gasteiger partial charge in [0.2, 0.25) is 5.91 Å². The molecule has 10 nitrogen and oxygen atoms in total. The number of halogens is 1. The summed E-state index contributed by atoms with van der Waals surface area (Å²) >= 11 is 6.54. The van der Waals surface area contributed by atoms with Crippen LogP contribution in [0.25, 0.3) is 11.2 Å². The number of nitrogens with one attached hydrogen (secondary N) is 2. The molecule has 1 saturated carbocycles. The Kier molecular flexibility index (Phi) is 6.13. The smallest absolute Gasteiger partial charge is 0.427 e. The summed E-state index contributed by atoms with van der Waals surface area (Å²) in [6.45, 7) is 6.53. The van der Waals surface area contributed by atoms with Crippen LogP contribution in [-0.4, -0.2) is 56.8 Å². The van der Waals surface area contributed by atoms with Crippen LogP contribution >= 0.6 is 11.6 Å². The van der Waals surface area contributed by atoms with E-state index in [1.165, 1.54) is 0 Å². The Labute approximate surface area is 208 Å². The Morgan fingerprint density at radius 1 is 1.23 bits per heavy atom. The largest absolute Gasteiger partial charge is 0.528 e. The first-order chi connectivity index (χ1) is 16.6. The van der Waals surface area contributed by atoms with Crippen LogP contribution in [0.1, 0.15) is 51.8 Å². The maximum atomic E-state index is 12.2. The summed E-state index contributed by atoms with van der Waals surface area (Å²) in [5.74, 6) is 0.770. The summed E-state index contributed by atoms with van der Waals surface area (Å²) in [5, 5.41) is 5.57. The molecule has 2 bridgehead atoms. The average Bonchev–Trinajstić information content (AvgIpc) is 3.49. The molecule has 0 radical (unpaired) electrons. The number of anilines is 1. The number of hydrogen-bond donors (Lipinski definition) is 3. The molecule has 0 aromatic carbocycles. The van der Waals surface area contributed by atoms with Gasteiger partial charge in [0.25, 0.3) is 0 Å². The standard InChI is InChI=1S/C24H31ClN6O4/c1-24(2,3)34-23(33)35-31-8-6-12(7-9-31)21-29-19-18(15(25)11-27-22(19)30-21)28-17-14-5-4-13(10-14)16(17)20(26)32/h4-5,11-14,16-17H,6-10H2,1-3H3,(H2,26,32)(H2,27,28,29,30)/t13-,14+,16+,17-/m1/s1. The molecule has 2 aliphatic carbocycles. The number of aromatic nitrogens is 3. The van der Waals surface area contributed by atoms with E-state index in [-0.39, 0.29) is 35.6 Å². The summed E-state index contributed by atoms with van der Waals surface area (Å²) in [7, 11) is 0. The van der Waals surface area contributed by atoms with Crippen LogP contribution in [0.4, 0.5) is 10.5 Å². The number of amides is 1. The third kappa shape index (κ3) is 4.81. The van der Waals surface area contributed by atoms with Crippen molar-refractivity contribution in [3.63, 3.8) is 0 Å². The van der Waals surface area contributed by atoms with Crippen LogP contribution in [0.15, 0.2) is 18.3 Å². The van der Waals surface area contributed by atoms with Gasteiger partial charge in [0, 0.05) is 25.0 Å². The van der Waals surface area contributed by atoms with Gasteiger partial charge >= 0.3 is 6.16 Å². The van der Waals surface area contributed by atoms with Crippen LogP contribution in [0.2, 0.25) is 5.02 Å². The van der Waals surface area contributed by atoms with Crippen LogP contribution in [0.5, 0.6) is 0 Å². The SMILES string of the molecule is CC(C)(C)OC(=O)ON1CCC(c2nc3c(N[C@H]4[C@@H](C(N)=O)[C@@H]5C=C[C@H]4C5)c(Cl)cnc3[nH]2)CC1. The second kappa shape index (κ2) is 8.98. The molecule has 3 aliphatic rings. The lowest BCUT2D eigenvalue weighted by molar-refractivity contribution is -0.152. The Hall–Kier alpha value is -2.85. The van der Waals surface area contributed by atoms with Gasteiger partial charge in [0.1, 0.15) is 16.9 Å². The predicted molar refractivity (Wildman–Crippen MR) is 131 cm³/mol. The maximum absolute atomic E-state index is 12.2. The normalized spacial score (nSPS) is 26.9. The lowest BCUT2D eigenvalue weighted by Gasteiger charge is -2.30. The van der Waals surface area contributed by atoms with Crippen molar-refractivity contribution >= 4 is 40.5 Å². The highest BCUT2D eigenvalue weighted by Crippen LogP contribution is 2.46. The number of rotatable bonds is 5. The fraction of sp³-hybridized carbons (Fsp3) is 0.583. The Morgan fingerprint density at radius 3 is 2.63 bits per heavy atom. The minimum Gasteiger partial charge on any atom is -0.427 e. The third-order valence-corrected chi connectivity index (χ3v) is 7.30.